The molecule has 2 N–H and O–H groups in total. The van der Waals surface area contributed by atoms with Crippen molar-refractivity contribution in [2.75, 3.05) is 6.61 Å². The van der Waals surface area contributed by atoms with E-state index >= 15 is 0 Å². The van der Waals surface area contributed by atoms with E-state index in [1.807, 2.05) is 0 Å². The van der Waals surface area contributed by atoms with Crippen molar-refractivity contribution in [1.82, 2.24) is 15.0 Å². The highest BCUT2D eigenvalue weighted by Crippen LogP contribution is 2.35. The van der Waals surface area contributed by atoms with Crippen molar-refractivity contribution in [2.45, 2.75) is 63.2 Å². The Morgan fingerprint density at radius 2 is 1.45 bits per heavy atom. The third-order valence-electron chi connectivity index (χ3n) is 5.22. The highest BCUT2D eigenvalue weighted by Gasteiger charge is 2.53. The van der Waals surface area contributed by atoms with Gasteiger partial charge in [-0.3, -0.25) is 19.2 Å². The summed E-state index contributed by atoms with van der Waals surface area (Å²) in [6.07, 6.45) is -5.08. The van der Waals surface area contributed by atoms with Crippen LogP contribution in [0.1, 0.15) is 33.9 Å². The third-order valence-corrected chi connectivity index (χ3v) is 6.15. The molecule has 15 nitrogen and oxygen atoms in total. The van der Waals surface area contributed by atoms with Crippen molar-refractivity contribution >= 4 is 33.9 Å². The van der Waals surface area contributed by atoms with E-state index in [2.05, 4.69) is 10.3 Å². The molecule has 0 bridgehead atoms. The van der Waals surface area contributed by atoms with Crippen molar-refractivity contribution < 1.29 is 51.3 Å². The lowest BCUT2D eigenvalue weighted by Crippen LogP contribution is -2.60. The molecule has 1 aromatic carbocycles. The van der Waals surface area contributed by atoms with Gasteiger partial charge in [0.1, 0.15) is 18.4 Å². The topological polar surface area (TPSA) is 205 Å². The Kier molecular flexibility index (Phi) is 8.80. The zero-order valence-corrected chi connectivity index (χ0v) is 21.6. The SMILES string of the molecule is CC(=O)OC[C@H]1O[C@H](n2cc(-c3ccc(S(N)(=O)=O)cc3)nn2)[C@@H](OC(C)=O)[C@@H](OC(C)=O)[C@@H]1OC(C)=O. The molecule has 16 heteroatoms. The van der Waals surface area contributed by atoms with Crippen molar-refractivity contribution in [3.63, 3.8) is 0 Å². The first-order valence-electron chi connectivity index (χ1n) is 11.1. The van der Waals surface area contributed by atoms with Crippen LogP contribution >= 0.6 is 0 Å². The van der Waals surface area contributed by atoms with Crippen LogP contribution in [0.3, 0.4) is 0 Å². The molecule has 206 valence electrons. The van der Waals surface area contributed by atoms with Gasteiger partial charge in [-0.2, -0.15) is 0 Å². The highest BCUT2D eigenvalue weighted by molar-refractivity contribution is 7.89. The first kappa shape index (κ1) is 28.7. The van der Waals surface area contributed by atoms with Crippen LogP contribution in [0.15, 0.2) is 35.4 Å². The number of primary sulfonamides is 1. The van der Waals surface area contributed by atoms with Gasteiger partial charge in [0.2, 0.25) is 10.0 Å². The first-order valence-corrected chi connectivity index (χ1v) is 12.7. The van der Waals surface area contributed by atoms with Crippen molar-refractivity contribution in [3.8, 4) is 11.3 Å². The number of aromatic nitrogens is 3. The zero-order chi connectivity index (χ0) is 28.2. The summed E-state index contributed by atoms with van der Waals surface area (Å²) in [4.78, 5) is 47.2. The van der Waals surface area contributed by atoms with E-state index in [9.17, 15) is 27.6 Å². The zero-order valence-electron chi connectivity index (χ0n) is 20.8. The maximum Gasteiger partial charge on any atom is 0.303 e. The van der Waals surface area contributed by atoms with Gasteiger partial charge < -0.3 is 23.7 Å². The molecule has 2 aromatic rings. The molecule has 0 unspecified atom stereocenters. The quantitative estimate of drug-likeness (QED) is 0.333. The Hall–Kier alpha value is -3.89. The van der Waals surface area contributed by atoms with Gasteiger partial charge in [-0.1, -0.05) is 17.3 Å². The molecule has 1 aliphatic heterocycles. The number of benzene rings is 1. The van der Waals surface area contributed by atoms with E-state index in [4.69, 9.17) is 28.8 Å². The highest BCUT2D eigenvalue weighted by atomic mass is 32.2. The molecule has 1 saturated heterocycles. The summed E-state index contributed by atoms with van der Waals surface area (Å²) in [7, 11) is -3.90. The Morgan fingerprint density at radius 3 is 1.97 bits per heavy atom. The minimum Gasteiger partial charge on any atom is -0.463 e. The van der Waals surface area contributed by atoms with Gasteiger partial charge in [0.15, 0.2) is 24.5 Å². The van der Waals surface area contributed by atoms with Crippen LogP contribution in [0.4, 0.5) is 0 Å². The Balaban J connectivity index is 2.03. The van der Waals surface area contributed by atoms with Gasteiger partial charge in [-0.15, -0.1) is 5.10 Å². The lowest BCUT2D eigenvalue weighted by atomic mass is 9.97. The summed E-state index contributed by atoms with van der Waals surface area (Å²) in [5.74, 6) is -2.94. The van der Waals surface area contributed by atoms with Gasteiger partial charge in [-0.25, -0.2) is 18.2 Å². The number of nitrogens with two attached hydrogens (primary N) is 1. The number of nitrogens with zero attached hydrogens (tertiary/aromatic N) is 3. The minimum atomic E-state index is -3.90. The number of hydrogen-bond acceptors (Lipinski definition) is 13. The summed E-state index contributed by atoms with van der Waals surface area (Å²) in [6, 6.07) is 5.50. The molecule has 38 heavy (non-hydrogen) atoms. The van der Waals surface area contributed by atoms with Crippen LogP contribution in [-0.2, 0) is 52.9 Å². The maximum atomic E-state index is 12.0. The fraction of sp³-hybridized carbons (Fsp3) is 0.455. The number of sulfonamides is 1. The van der Waals surface area contributed by atoms with Crippen LogP contribution < -0.4 is 5.14 Å². The van der Waals surface area contributed by atoms with Crippen molar-refractivity contribution in [1.29, 1.82) is 0 Å². The fourth-order valence-electron chi connectivity index (χ4n) is 3.77. The minimum absolute atomic E-state index is 0.103. The van der Waals surface area contributed by atoms with Crippen LogP contribution in [0.25, 0.3) is 11.3 Å². The molecular weight excluding hydrogens is 528 g/mol. The predicted octanol–water partition coefficient (Wildman–Crippen LogP) is -0.152. The van der Waals surface area contributed by atoms with Crippen molar-refractivity contribution in [3.05, 3.63) is 30.5 Å². The number of rotatable bonds is 8. The summed E-state index contributed by atoms with van der Waals surface area (Å²) in [5.41, 5.74) is 0.744. The Labute approximate surface area is 217 Å². The molecule has 0 aliphatic carbocycles. The average molecular weight is 555 g/mol. The van der Waals surface area contributed by atoms with E-state index in [0.717, 1.165) is 27.7 Å². The molecule has 3 rings (SSSR count). The molecule has 1 fully saturated rings. The van der Waals surface area contributed by atoms with Gasteiger partial charge in [0, 0.05) is 33.3 Å². The molecule has 0 radical (unpaired) electrons. The predicted molar refractivity (Wildman–Crippen MR) is 124 cm³/mol. The molecule has 0 spiro atoms. The molecule has 0 saturated carbocycles. The van der Waals surface area contributed by atoms with Crippen LogP contribution in [0, 0.1) is 0 Å². The second kappa shape index (κ2) is 11.7. The van der Waals surface area contributed by atoms with E-state index in [0.29, 0.717) is 5.56 Å². The molecule has 0 amide bonds. The molecule has 2 heterocycles. The van der Waals surface area contributed by atoms with E-state index < -0.39 is 71.2 Å². The lowest BCUT2D eigenvalue weighted by molar-refractivity contribution is -0.270. The van der Waals surface area contributed by atoms with E-state index in [1.54, 1.807) is 0 Å². The molecular formula is C22H26N4O11S. The van der Waals surface area contributed by atoms with E-state index in [-0.39, 0.29) is 10.6 Å². The number of carbonyl (C=O) groups excluding carboxylic acids is 4. The number of carbonyl (C=O) groups is 4. The van der Waals surface area contributed by atoms with Gasteiger partial charge in [0.05, 0.1) is 11.1 Å². The summed E-state index contributed by atoms with van der Waals surface area (Å²) >= 11 is 0. The first-order chi connectivity index (χ1) is 17.8. The van der Waals surface area contributed by atoms with Crippen LogP contribution in [0.5, 0.6) is 0 Å². The summed E-state index contributed by atoms with van der Waals surface area (Å²) in [6.45, 7) is 4.11. The van der Waals surface area contributed by atoms with E-state index in [1.165, 1.54) is 35.1 Å². The number of esters is 4. The van der Waals surface area contributed by atoms with Gasteiger partial charge in [0.25, 0.3) is 0 Å². The molecule has 1 aromatic heterocycles. The summed E-state index contributed by atoms with van der Waals surface area (Å²) in [5, 5.41) is 13.2. The van der Waals surface area contributed by atoms with Crippen LogP contribution in [-0.4, -0.2) is 78.3 Å². The maximum absolute atomic E-state index is 12.0. The lowest BCUT2D eigenvalue weighted by Gasteiger charge is -2.44. The number of ether oxygens (including phenoxy) is 5. The number of hydrogen-bond donors (Lipinski definition) is 1. The normalized spacial score (nSPS) is 23.2. The summed E-state index contributed by atoms with van der Waals surface area (Å²) < 4.78 is 51.5. The van der Waals surface area contributed by atoms with Crippen molar-refractivity contribution in [2.24, 2.45) is 5.14 Å². The fourth-order valence-corrected chi connectivity index (χ4v) is 4.28. The third kappa shape index (κ3) is 7.11. The molecule has 5 atom stereocenters. The molecule has 1 aliphatic rings. The smallest absolute Gasteiger partial charge is 0.303 e. The Bertz CT molecular complexity index is 1310. The standard InChI is InChI=1S/C22H26N4O11S/c1-11(27)33-10-18-19(34-12(2)28)20(35-13(3)29)21(36-14(4)30)22(37-18)26-9-17(24-25-26)15-5-7-16(8-6-15)38(23,31)32/h5-9,18-22H,10H2,1-4H3,(H2,23,31,32)/t18-,19-,20+,21+,22+/m1/s1. The second-order valence-corrected chi connectivity index (χ2v) is 9.80. The van der Waals surface area contributed by atoms with Crippen LogP contribution in [0.2, 0.25) is 0 Å². The van der Waals surface area contributed by atoms with Gasteiger partial charge >= 0.3 is 23.9 Å². The Morgan fingerprint density at radius 1 is 0.895 bits per heavy atom. The largest absolute Gasteiger partial charge is 0.463 e. The average Bonchev–Trinajstić information content (AvgIpc) is 3.29. The van der Waals surface area contributed by atoms with Gasteiger partial charge in [-0.05, 0) is 12.1 Å². The second-order valence-electron chi connectivity index (χ2n) is 8.24. The monoisotopic (exact) mass is 554 g/mol.